The van der Waals surface area contributed by atoms with E-state index in [4.69, 9.17) is 4.74 Å². The average molecular weight is 431 g/mol. The lowest BCUT2D eigenvalue weighted by atomic mass is 10.0. The normalized spacial score (nSPS) is 20.2. The number of ether oxygens (including phenoxy) is 1. The summed E-state index contributed by atoms with van der Waals surface area (Å²) in [4.78, 5) is 12.5. The molecule has 1 aromatic carbocycles. The van der Waals surface area contributed by atoms with Gasteiger partial charge in [-0.25, -0.2) is 0 Å². The maximum Gasteiger partial charge on any atom is 0.257 e. The fourth-order valence-corrected chi connectivity index (χ4v) is 3.67. The molecular formula is C18H24Cl2N4O2S. The van der Waals surface area contributed by atoms with Crippen molar-refractivity contribution in [2.75, 3.05) is 19.0 Å². The van der Waals surface area contributed by atoms with E-state index in [-0.39, 0.29) is 30.7 Å². The number of hydrogen-bond acceptors (Lipinski definition) is 6. The third-order valence-electron chi connectivity index (χ3n) is 4.79. The van der Waals surface area contributed by atoms with Crippen molar-refractivity contribution >= 4 is 47.2 Å². The molecule has 1 aromatic heterocycles. The number of halogens is 2. The van der Waals surface area contributed by atoms with Gasteiger partial charge in [0.05, 0.1) is 7.11 Å². The summed E-state index contributed by atoms with van der Waals surface area (Å²) in [6.07, 6.45) is 3.81. The van der Waals surface area contributed by atoms with Crippen LogP contribution in [0.25, 0.3) is 0 Å². The quantitative estimate of drug-likeness (QED) is 0.698. The first-order valence-electron chi connectivity index (χ1n) is 8.67. The summed E-state index contributed by atoms with van der Waals surface area (Å²) in [5.41, 5.74) is 1.73. The maximum absolute atomic E-state index is 12.5. The van der Waals surface area contributed by atoms with Crippen molar-refractivity contribution in [3.05, 3.63) is 34.3 Å². The average Bonchev–Trinajstić information content (AvgIpc) is 3.52. The van der Waals surface area contributed by atoms with Crippen LogP contribution in [0.5, 0.6) is 5.75 Å². The van der Waals surface area contributed by atoms with E-state index in [0.717, 1.165) is 35.2 Å². The van der Waals surface area contributed by atoms with Gasteiger partial charge in [-0.15, -0.1) is 35.0 Å². The Balaban J connectivity index is 0.00000131. The fourth-order valence-electron chi connectivity index (χ4n) is 3.09. The monoisotopic (exact) mass is 430 g/mol. The van der Waals surface area contributed by atoms with Gasteiger partial charge in [0.25, 0.3) is 5.91 Å². The lowest BCUT2D eigenvalue weighted by molar-refractivity contribution is 0.102. The van der Waals surface area contributed by atoms with Crippen molar-refractivity contribution in [2.24, 2.45) is 5.92 Å². The van der Waals surface area contributed by atoms with Crippen molar-refractivity contribution in [1.29, 1.82) is 0 Å². The molecule has 0 aliphatic heterocycles. The number of anilines is 1. The number of carbonyl (C=O) groups excluding carboxylic acids is 1. The molecule has 0 bridgehead atoms. The second-order valence-corrected chi connectivity index (χ2v) is 8.02. The number of methoxy groups -OCH3 is 1. The number of aromatic nitrogens is 2. The molecular weight excluding hydrogens is 407 g/mol. The zero-order valence-corrected chi connectivity index (χ0v) is 17.7. The van der Waals surface area contributed by atoms with Gasteiger partial charge in [0, 0.05) is 17.5 Å². The molecule has 2 unspecified atom stereocenters. The number of nitrogens with zero attached hydrogens (tertiary/aromatic N) is 2. The van der Waals surface area contributed by atoms with Gasteiger partial charge in [-0.2, -0.15) is 0 Å². The standard InChI is InChI=1S/C18H22N4O2S.2ClH/c1-10-21-22-18(25-10)20-17(23)12-5-6-16(24-2)14(7-12)13-8-15(13)19-9-11-3-4-11;;/h5-7,11,13,15,19H,3-4,8-9H2,1-2H3,(H,20,22,23);2*1H. The summed E-state index contributed by atoms with van der Waals surface area (Å²) in [5.74, 6) is 1.98. The zero-order chi connectivity index (χ0) is 17.4. The van der Waals surface area contributed by atoms with Crippen LogP contribution in [-0.4, -0.2) is 35.8 Å². The third-order valence-corrected chi connectivity index (χ3v) is 5.55. The van der Waals surface area contributed by atoms with Gasteiger partial charge in [-0.3, -0.25) is 10.1 Å². The Bertz CT molecular complexity index is 797. The van der Waals surface area contributed by atoms with E-state index in [0.29, 0.717) is 22.7 Å². The molecule has 2 aliphatic carbocycles. The third kappa shape index (κ3) is 5.31. The lowest BCUT2D eigenvalue weighted by Crippen LogP contribution is -2.20. The molecule has 2 aliphatic rings. The van der Waals surface area contributed by atoms with Crippen LogP contribution in [-0.2, 0) is 0 Å². The van der Waals surface area contributed by atoms with Gasteiger partial charge < -0.3 is 10.1 Å². The Hall–Kier alpha value is -1.41. The second kappa shape index (κ2) is 9.19. The molecule has 2 atom stereocenters. The molecule has 0 saturated heterocycles. The molecule has 2 N–H and O–H groups in total. The van der Waals surface area contributed by atoms with Crippen molar-refractivity contribution in [2.45, 2.75) is 38.1 Å². The SMILES string of the molecule is COc1ccc(C(=O)Nc2nnc(C)s2)cc1C1CC1NCC1CC1.Cl.Cl. The summed E-state index contributed by atoms with van der Waals surface area (Å²) < 4.78 is 5.51. The number of rotatable bonds is 7. The second-order valence-electron chi connectivity index (χ2n) is 6.84. The highest BCUT2D eigenvalue weighted by molar-refractivity contribution is 7.15. The first kappa shape index (κ1) is 21.9. The molecule has 2 aromatic rings. The van der Waals surface area contributed by atoms with Crippen molar-refractivity contribution in [1.82, 2.24) is 15.5 Å². The van der Waals surface area contributed by atoms with Crippen LogP contribution in [0, 0.1) is 12.8 Å². The number of carbonyl (C=O) groups is 1. The molecule has 6 nitrogen and oxygen atoms in total. The fraction of sp³-hybridized carbons (Fsp3) is 0.500. The minimum Gasteiger partial charge on any atom is -0.496 e. The molecule has 2 saturated carbocycles. The Labute approximate surface area is 175 Å². The Morgan fingerprint density at radius 3 is 2.70 bits per heavy atom. The lowest BCUT2D eigenvalue weighted by Gasteiger charge is -2.11. The first-order chi connectivity index (χ1) is 12.1. The Morgan fingerprint density at radius 2 is 2.07 bits per heavy atom. The molecule has 0 spiro atoms. The van der Waals surface area contributed by atoms with Gasteiger partial charge >= 0.3 is 0 Å². The highest BCUT2D eigenvalue weighted by Crippen LogP contribution is 2.45. The number of benzene rings is 1. The molecule has 9 heteroatoms. The van der Waals surface area contributed by atoms with Crippen LogP contribution in [0.15, 0.2) is 18.2 Å². The first-order valence-corrected chi connectivity index (χ1v) is 9.48. The number of nitrogens with one attached hydrogen (secondary N) is 2. The molecule has 1 heterocycles. The molecule has 1 amide bonds. The smallest absolute Gasteiger partial charge is 0.257 e. The Morgan fingerprint density at radius 1 is 1.30 bits per heavy atom. The van der Waals surface area contributed by atoms with Crippen LogP contribution in [0.3, 0.4) is 0 Å². The summed E-state index contributed by atoms with van der Waals surface area (Å²) in [6.45, 7) is 2.97. The predicted octanol–water partition coefficient (Wildman–Crippen LogP) is 3.81. The summed E-state index contributed by atoms with van der Waals surface area (Å²) in [5, 5.41) is 15.7. The molecule has 148 valence electrons. The van der Waals surface area contributed by atoms with E-state index in [1.54, 1.807) is 13.2 Å². The van der Waals surface area contributed by atoms with Crippen LogP contribution < -0.4 is 15.4 Å². The topological polar surface area (TPSA) is 76.1 Å². The minimum absolute atomic E-state index is 0. The van der Waals surface area contributed by atoms with E-state index in [1.807, 2.05) is 19.1 Å². The van der Waals surface area contributed by atoms with Gasteiger partial charge in [-0.05, 0) is 62.4 Å². The van der Waals surface area contributed by atoms with E-state index < -0.39 is 0 Å². The highest BCUT2D eigenvalue weighted by Gasteiger charge is 2.40. The summed E-state index contributed by atoms with van der Waals surface area (Å²) in [6, 6.07) is 6.12. The highest BCUT2D eigenvalue weighted by atomic mass is 35.5. The summed E-state index contributed by atoms with van der Waals surface area (Å²) in [7, 11) is 1.68. The van der Waals surface area contributed by atoms with Crippen LogP contribution in [0.4, 0.5) is 5.13 Å². The van der Waals surface area contributed by atoms with E-state index in [9.17, 15) is 4.79 Å². The van der Waals surface area contributed by atoms with E-state index >= 15 is 0 Å². The zero-order valence-electron chi connectivity index (χ0n) is 15.2. The number of aryl methyl sites for hydroxylation is 1. The molecule has 27 heavy (non-hydrogen) atoms. The predicted molar refractivity (Wildman–Crippen MR) is 112 cm³/mol. The van der Waals surface area contributed by atoms with Crippen LogP contribution in [0.2, 0.25) is 0 Å². The van der Waals surface area contributed by atoms with Gasteiger partial charge in [0.15, 0.2) is 0 Å². The van der Waals surface area contributed by atoms with Gasteiger partial charge in [0.2, 0.25) is 5.13 Å². The van der Waals surface area contributed by atoms with Crippen molar-refractivity contribution < 1.29 is 9.53 Å². The van der Waals surface area contributed by atoms with E-state index in [2.05, 4.69) is 20.8 Å². The van der Waals surface area contributed by atoms with Gasteiger partial charge in [-0.1, -0.05) is 11.3 Å². The van der Waals surface area contributed by atoms with E-state index in [1.165, 1.54) is 24.2 Å². The summed E-state index contributed by atoms with van der Waals surface area (Å²) >= 11 is 1.37. The molecule has 4 rings (SSSR count). The van der Waals surface area contributed by atoms with Crippen molar-refractivity contribution in [3.8, 4) is 5.75 Å². The number of hydrogen-bond donors (Lipinski definition) is 2. The van der Waals surface area contributed by atoms with Crippen LogP contribution >= 0.6 is 36.2 Å². The van der Waals surface area contributed by atoms with Crippen LogP contribution in [0.1, 0.15) is 46.1 Å². The number of amides is 1. The van der Waals surface area contributed by atoms with Crippen molar-refractivity contribution in [3.63, 3.8) is 0 Å². The molecule has 2 fully saturated rings. The molecule has 0 radical (unpaired) electrons. The largest absolute Gasteiger partial charge is 0.496 e. The minimum atomic E-state index is -0.164. The van der Waals surface area contributed by atoms with Gasteiger partial charge in [0.1, 0.15) is 10.8 Å². The Kier molecular flexibility index (Phi) is 7.45. The maximum atomic E-state index is 12.5.